The summed E-state index contributed by atoms with van der Waals surface area (Å²) in [4.78, 5) is 7.47. The molecule has 4 aromatic rings. The normalized spacial score (nSPS) is 11.8. The van der Waals surface area contributed by atoms with Crippen LogP contribution in [0.15, 0.2) is 99.9 Å². The fourth-order valence-corrected chi connectivity index (χ4v) is 5.07. The number of benzene rings is 3. The second-order valence-electron chi connectivity index (χ2n) is 7.65. The molecule has 1 heterocycles. The quantitative estimate of drug-likeness (QED) is 0.309. The van der Waals surface area contributed by atoms with E-state index in [9.17, 15) is 0 Å². The molecule has 0 aliphatic rings. The van der Waals surface area contributed by atoms with E-state index in [2.05, 4.69) is 103 Å². The second kappa shape index (κ2) is 8.46. The van der Waals surface area contributed by atoms with E-state index in [0.29, 0.717) is 0 Å². The zero-order valence-corrected chi connectivity index (χ0v) is 17.8. The topological polar surface area (TPSA) is 17.8 Å². The molecule has 1 aromatic heterocycles. The number of nitrogens with zero attached hydrogens (tertiary/aromatic N) is 2. The highest BCUT2D eigenvalue weighted by atomic mass is 32.2. The molecule has 2 nitrogen and oxygen atoms in total. The molecule has 0 radical (unpaired) electrons. The Kier molecular flexibility index (Phi) is 5.79. The van der Waals surface area contributed by atoms with Gasteiger partial charge in [0.1, 0.15) is 0 Å². The predicted molar refractivity (Wildman–Crippen MR) is 121 cm³/mol. The molecule has 0 spiro atoms. The van der Waals surface area contributed by atoms with Crippen LogP contribution in [0.1, 0.15) is 13.8 Å². The molecule has 0 N–H and O–H groups in total. The minimum absolute atomic E-state index is 0.135. The molecule has 0 aliphatic heterocycles. The van der Waals surface area contributed by atoms with Gasteiger partial charge in [-0.05, 0) is 41.8 Å². The van der Waals surface area contributed by atoms with Gasteiger partial charge in [-0.25, -0.2) is 4.98 Å². The van der Waals surface area contributed by atoms with E-state index in [-0.39, 0.29) is 5.41 Å². The van der Waals surface area contributed by atoms with Crippen molar-refractivity contribution in [1.82, 2.24) is 9.55 Å². The first-order valence-corrected chi connectivity index (χ1v) is 11.3. The molecule has 0 atom stereocenters. The Morgan fingerprint density at radius 2 is 1.39 bits per heavy atom. The molecule has 0 saturated heterocycles. The Morgan fingerprint density at radius 1 is 0.786 bits per heavy atom. The number of imidazole rings is 1. The van der Waals surface area contributed by atoms with Crippen molar-refractivity contribution in [2.75, 3.05) is 5.75 Å². The van der Waals surface area contributed by atoms with Gasteiger partial charge in [-0.1, -0.05) is 74.1 Å². The molecule has 3 aromatic carbocycles. The van der Waals surface area contributed by atoms with Crippen LogP contribution in [-0.2, 0) is 6.54 Å². The highest BCUT2D eigenvalue weighted by molar-refractivity contribution is 7.99. The number of thioether (sulfide) groups is 1. The highest BCUT2D eigenvalue weighted by Crippen LogP contribution is 2.35. The summed E-state index contributed by atoms with van der Waals surface area (Å²) in [5.41, 5.74) is 2.40. The zero-order valence-electron chi connectivity index (χ0n) is 16.2. The zero-order chi connectivity index (χ0) is 19.4. The van der Waals surface area contributed by atoms with Crippen LogP contribution in [0, 0.1) is 5.41 Å². The lowest BCUT2D eigenvalue weighted by atomic mass is 9.96. The fourth-order valence-electron chi connectivity index (χ4n) is 3.15. The maximum Gasteiger partial charge on any atom is 0.173 e. The van der Waals surface area contributed by atoms with Crippen molar-refractivity contribution in [3.63, 3.8) is 0 Å². The van der Waals surface area contributed by atoms with Crippen LogP contribution in [0.4, 0.5) is 0 Å². The molecular formula is C24H24N2S2. The lowest BCUT2D eigenvalue weighted by molar-refractivity contribution is 0.344. The van der Waals surface area contributed by atoms with Gasteiger partial charge in [0.05, 0.1) is 11.0 Å². The van der Waals surface area contributed by atoms with Gasteiger partial charge in [0.2, 0.25) is 0 Å². The SMILES string of the molecule is CC(C)(CSc1ccccc1)Cn1c(Sc2ccccc2)nc2ccccc21. The summed E-state index contributed by atoms with van der Waals surface area (Å²) in [6.45, 7) is 5.62. The van der Waals surface area contributed by atoms with Crippen molar-refractivity contribution in [3.8, 4) is 0 Å². The Hall–Kier alpha value is -2.17. The van der Waals surface area contributed by atoms with E-state index >= 15 is 0 Å². The molecule has 0 amide bonds. The smallest absolute Gasteiger partial charge is 0.173 e. The van der Waals surface area contributed by atoms with Gasteiger partial charge in [0, 0.05) is 22.1 Å². The maximum absolute atomic E-state index is 4.93. The molecule has 0 saturated carbocycles. The second-order valence-corrected chi connectivity index (χ2v) is 9.74. The summed E-state index contributed by atoms with van der Waals surface area (Å²) < 4.78 is 2.39. The first-order valence-electron chi connectivity index (χ1n) is 9.47. The monoisotopic (exact) mass is 404 g/mol. The Morgan fingerprint density at radius 3 is 2.11 bits per heavy atom. The third kappa shape index (κ3) is 4.62. The Bertz CT molecular complexity index is 1040. The van der Waals surface area contributed by atoms with Gasteiger partial charge in [-0.15, -0.1) is 11.8 Å². The van der Waals surface area contributed by atoms with Gasteiger partial charge in [0.25, 0.3) is 0 Å². The minimum Gasteiger partial charge on any atom is -0.318 e. The molecule has 0 bridgehead atoms. The van der Waals surface area contributed by atoms with E-state index in [0.717, 1.165) is 23.0 Å². The fraction of sp³-hybridized carbons (Fsp3) is 0.208. The van der Waals surface area contributed by atoms with Gasteiger partial charge < -0.3 is 4.57 Å². The first kappa shape index (κ1) is 19.2. The predicted octanol–water partition coefficient (Wildman–Crippen LogP) is 7.01. The molecule has 0 fully saturated rings. The van der Waals surface area contributed by atoms with Gasteiger partial charge in [0.15, 0.2) is 5.16 Å². The lowest BCUT2D eigenvalue weighted by Crippen LogP contribution is -2.23. The molecular weight excluding hydrogens is 380 g/mol. The third-order valence-corrected chi connectivity index (χ3v) is 7.06. The van der Waals surface area contributed by atoms with Crippen LogP contribution in [-0.4, -0.2) is 15.3 Å². The number of rotatable bonds is 7. The maximum atomic E-state index is 4.93. The summed E-state index contributed by atoms with van der Waals surface area (Å²) in [6, 6.07) is 29.6. The van der Waals surface area contributed by atoms with Crippen molar-refractivity contribution < 1.29 is 0 Å². The standard InChI is InChI=1S/C24H24N2S2/c1-24(2,18-27-19-11-5-3-6-12-19)17-26-22-16-10-9-15-21(22)25-23(26)28-20-13-7-4-8-14-20/h3-16H,17-18H2,1-2H3. The third-order valence-electron chi connectivity index (χ3n) is 4.53. The van der Waals surface area contributed by atoms with Crippen LogP contribution in [0.2, 0.25) is 0 Å². The van der Waals surface area contributed by atoms with Crippen molar-refractivity contribution >= 4 is 34.6 Å². The molecule has 28 heavy (non-hydrogen) atoms. The van der Waals surface area contributed by atoms with E-state index in [1.807, 2.05) is 11.8 Å². The molecule has 4 heteroatoms. The van der Waals surface area contributed by atoms with Crippen LogP contribution in [0.5, 0.6) is 0 Å². The van der Waals surface area contributed by atoms with Crippen LogP contribution in [0.3, 0.4) is 0 Å². The van der Waals surface area contributed by atoms with E-state index in [1.165, 1.54) is 15.3 Å². The van der Waals surface area contributed by atoms with Gasteiger partial charge >= 0.3 is 0 Å². The number of hydrogen-bond donors (Lipinski definition) is 0. The largest absolute Gasteiger partial charge is 0.318 e. The van der Waals surface area contributed by atoms with Crippen LogP contribution >= 0.6 is 23.5 Å². The summed E-state index contributed by atoms with van der Waals surface area (Å²) in [7, 11) is 0. The van der Waals surface area contributed by atoms with Crippen molar-refractivity contribution in [3.05, 3.63) is 84.9 Å². The Labute approximate surface area is 175 Å². The summed E-state index contributed by atoms with van der Waals surface area (Å²) in [6.07, 6.45) is 0. The average Bonchev–Trinajstić information content (AvgIpc) is 3.05. The lowest BCUT2D eigenvalue weighted by Gasteiger charge is -2.26. The van der Waals surface area contributed by atoms with Crippen molar-refractivity contribution in [2.24, 2.45) is 5.41 Å². The first-order chi connectivity index (χ1) is 13.6. The summed E-state index contributed by atoms with van der Waals surface area (Å²) >= 11 is 3.66. The van der Waals surface area contributed by atoms with Crippen molar-refractivity contribution in [2.45, 2.75) is 35.3 Å². The van der Waals surface area contributed by atoms with Gasteiger partial charge in [-0.3, -0.25) is 0 Å². The number of aromatic nitrogens is 2. The molecule has 4 rings (SSSR count). The minimum atomic E-state index is 0.135. The average molecular weight is 405 g/mol. The number of fused-ring (bicyclic) bond motifs is 1. The van der Waals surface area contributed by atoms with E-state index in [1.54, 1.807) is 11.8 Å². The van der Waals surface area contributed by atoms with Crippen molar-refractivity contribution in [1.29, 1.82) is 0 Å². The van der Waals surface area contributed by atoms with E-state index < -0.39 is 0 Å². The molecule has 142 valence electrons. The summed E-state index contributed by atoms with van der Waals surface area (Å²) in [5, 5.41) is 1.06. The number of hydrogen-bond acceptors (Lipinski definition) is 3. The molecule has 0 unspecified atom stereocenters. The van der Waals surface area contributed by atoms with E-state index in [4.69, 9.17) is 4.98 Å². The Balaban J connectivity index is 1.60. The molecule has 0 aliphatic carbocycles. The number of para-hydroxylation sites is 2. The van der Waals surface area contributed by atoms with Crippen LogP contribution in [0.25, 0.3) is 11.0 Å². The van der Waals surface area contributed by atoms with Gasteiger partial charge in [-0.2, -0.15) is 0 Å². The highest BCUT2D eigenvalue weighted by Gasteiger charge is 2.23. The summed E-state index contributed by atoms with van der Waals surface area (Å²) in [5.74, 6) is 1.05. The van der Waals surface area contributed by atoms with Crippen LogP contribution < -0.4 is 0 Å².